The SMILES string of the molecule is CCOc1ccc2c(c1)N(C(C)C)C(C)N2C(C)C. The molecule has 1 aromatic carbocycles. The van der Waals surface area contributed by atoms with Crippen LogP contribution in [-0.2, 0) is 0 Å². The van der Waals surface area contributed by atoms with Crippen LogP contribution in [0.3, 0.4) is 0 Å². The maximum absolute atomic E-state index is 5.64. The molecule has 0 aromatic heterocycles. The second-order valence-electron chi connectivity index (χ2n) is 5.72. The highest BCUT2D eigenvalue weighted by atomic mass is 16.5. The van der Waals surface area contributed by atoms with Crippen molar-refractivity contribution in [3.8, 4) is 5.75 Å². The van der Waals surface area contributed by atoms with E-state index in [4.69, 9.17) is 4.74 Å². The first kappa shape index (κ1) is 14.0. The van der Waals surface area contributed by atoms with Crippen LogP contribution in [0.15, 0.2) is 18.2 Å². The van der Waals surface area contributed by atoms with Gasteiger partial charge in [-0.1, -0.05) is 0 Å². The molecule has 3 nitrogen and oxygen atoms in total. The third-order valence-electron chi connectivity index (χ3n) is 3.73. The first-order chi connectivity index (χ1) is 8.97. The maximum atomic E-state index is 5.64. The van der Waals surface area contributed by atoms with Gasteiger partial charge in [-0.3, -0.25) is 0 Å². The van der Waals surface area contributed by atoms with E-state index in [1.165, 1.54) is 11.4 Å². The summed E-state index contributed by atoms with van der Waals surface area (Å²) >= 11 is 0. The highest BCUT2D eigenvalue weighted by molar-refractivity contribution is 5.79. The minimum Gasteiger partial charge on any atom is -0.494 e. The van der Waals surface area contributed by atoms with Gasteiger partial charge in [-0.15, -0.1) is 0 Å². The molecule has 106 valence electrons. The van der Waals surface area contributed by atoms with Crippen LogP contribution >= 0.6 is 0 Å². The highest BCUT2D eigenvalue weighted by Gasteiger charge is 2.35. The van der Waals surface area contributed by atoms with E-state index in [0.717, 1.165) is 5.75 Å². The molecule has 2 rings (SSSR count). The largest absolute Gasteiger partial charge is 0.494 e. The number of anilines is 2. The average molecular weight is 262 g/mol. The van der Waals surface area contributed by atoms with E-state index in [0.29, 0.717) is 24.9 Å². The van der Waals surface area contributed by atoms with Crippen LogP contribution in [0.25, 0.3) is 0 Å². The molecule has 1 aromatic rings. The summed E-state index contributed by atoms with van der Waals surface area (Å²) in [6, 6.07) is 7.43. The third-order valence-corrected chi connectivity index (χ3v) is 3.73. The number of ether oxygens (including phenoxy) is 1. The molecule has 19 heavy (non-hydrogen) atoms. The van der Waals surface area contributed by atoms with Crippen molar-refractivity contribution in [1.29, 1.82) is 0 Å². The van der Waals surface area contributed by atoms with Crippen LogP contribution in [0.2, 0.25) is 0 Å². The molecule has 1 atom stereocenters. The number of nitrogens with zero attached hydrogens (tertiary/aromatic N) is 2. The van der Waals surface area contributed by atoms with Crippen LogP contribution in [-0.4, -0.2) is 24.9 Å². The lowest BCUT2D eigenvalue weighted by Crippen LogP contribution is -2.47. The summed E-state index contributed by atoms with van der Waals surface area (Å²) in [5.74, 6) is 0.963. The number of hydrogen-bond acceptors (Lipinski definition) is 3. The molecule has 0 saturated heterocycles. The zero-order chi connectivity index (χ0) is 14.2. The van der Waals surface area contributed by atoms with Crippen molar-refractivity contribution in [2.24, 2.45) is 0 Å². The highest BCUT2D eigenvalue weighted by Crippen LogP contribution is 2.43. The fourth-order valence-corrected chi connectivity index (χ4v) is 3.14. The Morgan fingerprint density at radius 2 is 1.63 bits per heavy atom. The van der Waals surface area contributed by atoms with Gasteiger partial charge in [-0.05, 0) is 53.7 Å². The van der Waals surface area contributed by atoms with Crippen molar-refractivity contribution in [2.75, 3.05) is 16.4 Å². The van der Waals surface area contributed by atoms with Crippen molar-refractivity contribution in [3.05, 3.63) is 18.2 Å². The van der Waals surface area contributed by atoms with Crippen LogP contribution in [0.1, 0.15) is 41.5 Å². The zero-order valence-electron chi connectivity index (χ0n) is 13.0. The fourth-order valence-electron chi connectivity index (χ4n) is 3.14. The summed E-state index contributed by atoms with van der Waals surface area (Å²) in [6.07, 6.45) is 0.395. The second-order valence-corrected chi connectivity index (χ2v) is 5.72. The summed E-state index contributed by atoms with van der Waals surface area (Å²) < 4.78 is 5.64. The van der Waals surface area contributed by atoms with Crippen molar-refractivity contribution in [3.63, 3.8) is 0 Å². The molecule has 1 unspecified atom stereocenters. The number of rotatable bonds is 4. The molecule has 0 bridgehead atoms. The number of benzene rings is 1. The summed E-state index contributed by atoms with van der Waals surface area (Å²) in [5.41, 5.74) is 2.61. The Labute approximate surface area is 117 Å². The Morgan fingerprint density at radius 1 is 1.05 bits per heavy atom. The van der Waals surface area contributed by atoms with Gasteiger partial charge >= 0.3 is 0 Å². The van der Waals surface area contributed by atoms with E-state index in [-0.39, 0.29) is 0 Å². The molecule has 0 radical (unpaired) electrons. The lowest BCUT2D eigenvalue weighted by molar-refractivity contribution is 0.340. The average Bonchev–Trinajstić information content (AvgIpc) is 2.60. The van der Waals surface area contributed by atoms with Crippen LogP contribution in [0, 0.1) is 0 Å². The fraction of sp³-hybridized carbons (Fsp3) is 0.625. The van der Waals surface area contributed by atoms with Crippen LogP contribution < -0.4 is 14.5 Å². The monoisotopic (exact) mass is 262 g/mol. The lowest BCUT2D eigenvalue weighted by atomic mass is 10.2. The minimum atomic E-state index is 0.395. The molecule has 0 spiro atoms. The van der Waals surface area contributed by atoms with E-state index < -0.39 is 0 Å². The van der Waals surface area contributed by atoms with Gasteiger partial charge in [0.15, 0.2) is 0 Å². The van der Waals surface area contributed by atoms with Gasteiger partial charge in [0.2, 0.25) is 0 Å². The zero-order valence-corrected chi connectivity index (χ0v) is 13.0. The normalized spacial score (nSPS) is 18.4. The van der Waals surface area contributed by atoms with Gasteiger partial charge in [-0.25, -0.2) is 0 Å². The molecule has 3 heteroatoms. The lowest BCUT2D eigenvalue weighted by Gasteiger charge is -2.35. The Morgan fingerprint density at radius 3 is 2.16 bits per heavy atom. The van der Waals surface area contributed by atoms with Crippen molar-refractivity contribution < 1.29 is 4.74 Å². The van der Waals surface area contributed by atoms with Crippen molar-refractivity contribution >= 4 is 11.4 Å². The number of hydrogen-bond donors (Lipinski definition) is 0. The molecule has 0 amide bonds. The van der Waals surface area contributed by atoms with E-state index >= 15 is 0 Å². The van der Waals surface area contributed by atoms with E-state index in [1.807, 2.05) is 6.92 Å². The molecule has 0 saturated carbocycles. The molecule has 1 heterocycles. The molecular formula is C16H26N2O. The van der Waals surface area contributed by atoms with Gasteiger partial charge in [0.25, 0.3) is 0 Å². The third kappa shape index (κ3) is 2.38. The van der Waals surface area contributed by atoms with Gasteiger partial charge < -0.3 is 14.5 Å². The minimum absolute atomic E-state index is 0.395. The van der Waals surface area contributed by atoms with Gasteiger partial charge in [-0.2, -0.15) is 0 Å². The van der Waals surface area contributed by atoms with Gasteiger partial charge in [0, 0.05) is 18.2 Å². The summed E-state index contributed by atoms with van der Waals surface area (Å²) in [5, 5.41) is 0. The second kappa shape index (κ2) is 5.32. The summed E-state index contributed by atoms with van der Waals surface area (Å²) in [7, 11) is 0. The summed E-state index contributed by atoms with van der Waals surface area (Å²) in [4.78, 5) is 4.95. The van der Waals surface area contributed by atoms with Gasteiger partial charge in [0.05, 0.1) is 24.1 Å². The van der Waals surface area contributed by atoms with Crippen molar-refractivity contribution in [1.82, 2.24) is 0 Å². The van der Waals surface area contributed by atoms with Crippen LogP contribution in [0.4, 0.5) is 11.4 Å². The molecule has 1 aliphatic rings. The topological polar surface area (TPSA) is 15.7 Å². The molecule has 0 N–H and O–H groups in total. The first-order valence-corrected chi connectivity index (χ1v) is 7.30. The predicted octanol–water partition coefficient (Wildman–Crippen LogP) is 3.87. The Hall–Kier alpha value is -1.38. The van der Waals surface area contributed by atoms with Crippen molar-refractivity contribution in [2.45, 2.75) is 59.8 Å². The predicted molar refractivity (Wildman–Crippen MR) is 82.3 cm³/mol. The summed E-state index contributed by atoms with van der Waals surface area (Å²) in [6.45, 7) is 14.0. The first-order valence-electron chi connectivity index (χ1n) is 7.30. The van der Waals surface area contributed by atoms with E-state index in [1.54, 1.807) is 0 Å². The Balaban J connectivity index is 2.46. The molecule has 0 aliphatic carbocycles. The molecular weight excluding hydrogens is 236 g/mol. The Bertz CT molecular complexity index is 442. The number of fused-ring (bicyclic) bond motifs is 1. The maximum Gasteiger partial charge on any atom is 0.121 e. The smallest absolute Gasteiger partial charge is 0.121 e. The molecule has 0 fully saturated rings. The van der Waals surface area contributed by atoms with Crippen LogP contribution in [0.5, 0.6) is 5.75 Å². The van der Waals surface area contributed by atoms with E-state index in [2.05, 4.69) is 62.6 Å². The standard InChI is InChI=1S/C16H26N2O/c1-7-19-14-8-9-15-16(10-14)18(12(4)5)13(6)17(15)11(2)3/h8-13H,7H2,1-6H3. The van der Waals surface area contributed by atoms with Gasteiger partial charge in [0.1, 0.15) is 5.75 Å². The quantitative estimate of drug-likeness (QED) is 0.819. The van der Waals surface area contributed by atoms with E-state index in [9.17, 15) is 0 Å². The Kier molecular flexibility index (Phi) is 3.93. The molecule has 1 aliphatic heterocycles.